The normalized spacial score (nSPS) is 32.7. The number of hydrogen-bond donors (Lipinski definition) is 2. The number of piperidine rings is 1. The Morgan fingerprint density at radius 3 is 2.37 bits per heavy atom. The number of carboxylic acid groups (broad SMARTS) is 1. The van der Waals surface area contributed by atoms with Crippen molar-refractivity contribution in [3.05, 3.63) is 0 Å². The van der Waals surface area contributed by atoms with Crippen molar-refractivity contribution in [3.63, 3.8) is 0 Å². The maximum atomic E-state index is 12.4. The van der Waals surface area contributed by atoms with E-state index in [9.17, 15) is 14.4 Å². The molecule has 6 nitrogen and oxygen atoms in total. The van der Waals surface area contributed by atoms with E-state index in [4.69, 9.17) is 10.8 Å². The molecule has 1 saturated heterocycles. The second kappa shape index (κ2) is 4.51. The van der Waals surface area contributed by atoms with Gasteiger partial charge in [0.15, 0.2) is 0 Å². The van der Waals surface area contributed by atoms with Crippen molar-refractivity contribution in [2.75, 3.05) is 13.1 Å². The van der Waals surface area contributed by atoms with Crippen molar-refractivity contribution in [3.8, 4) is 0 Å². The lowest BCUT2D eigenvalue weighted by atomic mass is 9.96. The number of nitrogens with zero attached hydrogens (tertiary/aromatic N) is 1. The van der Waals surface area contributed by atoms with Crippen LogP contribution in [-0.2, 0) is 14.4 Å². The fraction of sp³-hybridized carbons (Fsp3) is 0.769. The number of carbonyl (C=O) groups excluding carboxylic acids is 2. The predicted octanol–water partition coefficient (Wildman–Crippen LogP) is 0.0671. The van der Waals surface area contributed by atoms with E-state index >= 15 is 0 Å². The molecule has 0 radical (unpaired) electrons. The van der Waals surface area contributed by atoms with Gasteiger partial charge in [0.25, 0.3) is 0 Å². The molecule has 0 aromatic rings. The van der Waals surface area contributed by atoms with Gasteiger partial charge in [0.05, 0.1) is 17.8 Å². The van der Waals surface area contributed by atoms with Crippen molar-refractivity contribution >= 4 is 17.8 Å². The molecule has 106 valence electrons. The molecule has 1 heterocycles. The van der Waals surface area contributed by atoms with Gasteiger partial charge in [0.1, 0.15) is 0 Å². The van der Waals surface area contributed by atoms with E-state index in [1.165, 1.54) is 0 Å². The minimum Gasteiger partial charge on any atom is -0.481 e. The zero-order valence-corrected chi connectivity index (χ0v) is 11.3. The van der Waals surface area contributed by atoms with Gasteiger partial charge in [-0.25, -0.2) is 0 Å². The number of nitrogens with two attached hydrogens (primary N) is 1. The van der Waals surface area contributed by atoms with Crippen LogP contribution in [0, 0.1) is 23.2 Å². The summed E-state index contributed by atoms with van der Waals surface area (Å²) in [6, 6.07) is 0. The predicted molar refractivity (Wildman–Crippen MR) is 66.9 cm³/mol. The summed E-state index contributed by atoms with van der Waals surface area (Å²) in [7, 11) is 0. The van der Waals surface area contributed by atoms with Crippen molar-refractivity contribution < 1.29 is 19.5 Å². The Morgan fingerprint density at radius 2 is 1.89 bits per heavy atom. The molecule has 0 bridgehead atoms. The zero-order valence-electron chi connectivity index (χ0n) is 11.3. The Hall–Kier alpha value is -1.59. The fourth-order valence-corrected chi connectivity index (χ4v) is 3.17. The summed E-state index contributed by atoms with van der Waals surface area (Å²) in [5.74, 6) is -2.86. The standard InChI is InChI=1S/C13H20N2O4/c1-13(2)8(9(13)12(18)19)11(17)15-5-3-4-7(6-15)10(14)16/h7-9H,3-6H2,1-2H3,(H2,14,16)(H,18,19). The minimum absolute atomic E-state index is 0.150. The Labute approximate surface area is 111 Å². The summed E-state index contributed by atoms with van der Waals surface area (Å²) in [6.07, 6.45) is 1.44. The van der Waals surface area contributed by atoms with Crippen LogP contribution in [0.15, 0.2) is 0 Å². The van der Waals surface area contributed by atoms with Crippen LogP contribution < -0.4 is 5.73 Å². The highest BCUT2D eigenvalue weighted by molar-refractivity contribution is 5.92. The molecule has 1 saturated carbocycles. The summed E-state index contributed by atoms with van der Waals surface area (Å²) < 4.78 is 0. The van der Waals surface area contributed by atoms with Crippen molar-refractivity contribution in [2.45, 2.75) is 26.7 Å². The highest BCUT2D eigenvalue weighted by Gasteiger charge is 2.66. The van der Waals surface area contributed by atoms with Crippen LogP contribution in [0.2, 0.25) is 0 Å². The van der Waals surface area contributed by atoms with E-state index in [-0.39, 0.29) is 17.7 Å². The monoisotopic (exact) mass is 268 g/mol. The zero-order chi connectivity index (χ0) is 14.4. The second-order valence-electron chi connectivity index (χ2n) is 6.14. The van der Waals surface area contributed by atoms with Crippen LogP contribution in [0.1, 0.15) is 26.7 Å². The molecule has 3 atom stereocenters. The lowest BCUT2D eigenvalue weighted by molar-refractivity contribution is -0.143. The van der Waals surface area contributed by atoms with Crippen molar-refractivity contribution in [1.82, 2.24) is 4.90 Å². The van der Waals surface area contributed by atoms with Gasteiger partial charge in [-0.15, -0.1) is 0 Å². The number of rotatable bonds is 3. The third-order valence-corrected chi connectivity index (χ3v) is 4.49. The Balaban J connectivity index is 2.05. The van der Waals surface area contributed by atoms with E-state index in [1.54, 1.807) is 18.7 Å². The molecular formula is C13H20N2O4. The number of carbonyl (C=O) groups is 3. The SMILES string of the molecule is CC1(C)C(C(=O)O)C1C(=O)N1CCCC(C(N)=O)C1. The van der Waals surface area contributed by atoms with Gasteiger partial charge in [0.2, 0.25) is 11.8 Å². The lowest BCUT2D eigenvalue weighted by Gasteiger charge is -2.31. The number of likely N-dealkylation sites (tertiary alicyclic amines) is 1. The molecule has 19 heavy (non-hydrogen) atoms. The summed E-state index contributed by atoms with van der Waals surface area (Å²) in [6.45, 7) is 4.50. The number of amides is 2. The largest absolute Gasteiger partial charge is 0.481 e. The Bertz CT molecular complexity index is 432. The summed E-state index contributed by atoms with van der Waals surface area (Å²) in [5, 5.41) is 9.10. The molecule has 0 aromatic heterocycles. The molecule has 0 aromatic carbocycles. The lowest BCUT2D eigenvalue weighted by Crippen LogP contribution is -2.45. The quantitative estimate of drug-likeness (QED) is 0.756. The molecule has 1 aliphatic heterocycles. The van der Waals surface area contributed by atoms with Crippen LogP contribution in [0.3, 0.4) is 0 Å². The number of primary amides is 1. The fourth-order valence-electron chi connectivity index (χ4n) is 3.17. The van der Waals surface area contributed by atoms with Crippen LogP contribution >= 0.6 is 0 Å². The molecule has 2 rings (SSSR count). The average molecular weight is 268 g/mol. The van der Waals surface area contributed by atoms with Gasteiger partial charge >= 0.3 is 5.97 Å². The molecular weight excluding hydrogens is 248 g/mol. The number of carboxylic acids is 1. The number of aliphatic carboxylic acids is 1. The first-order chi connectivity index (χ1) is 8.76. The highest BCUT2D eigenvalue weighted by Crippen LogP contribution is 2.59. The van der Waals surface area contributed by atoms with Gasteiger partial charge in [-0.1, -0.05) is 13.8 Å². The van der Waals surface area contributed by atoms with Crippen molar-refractivity contribution in [1.29, 1.82) is 0 Å². The van der Waals surface area contributed by atoms with E-state index in [1.807, 2.05) is 0 Å². The molecule has 6 heteroatoms. The molecule has 2 amide bonds. The molecule has 2 aliphatic rings. The number of hydrogen-bond acceptors (Lipinski definition) is 3. The first kappa shape index (κ1) is 13.8. The molecule has 1 aliphatic carbocycles. The summed E-state index contributed by atoms with van der Waals surface area (Å²) >= 11 is 0. The van der Waals surface area contributed by atoms with Gasteiger partial charge in [-0.05, 0) is 18.3 Å². The maximum absolute atomic E-state index is 12.4. The Kier molecular flexibility index (Phi) is 3.28. The minimum atomic E-state index is -0.924. The molecule has 3 N–H and O–H groups in total. The van der Waals surface area contributed by atoms with Crippen LogP contribution in [0.5, 0.6) is 0 Å². The Morgan fingerprint density at radius 1 is 1.26 bits per heavy atom. The van der Waals surface area contributed by atoms with Gasteiger partial charge < -0.3 is 15.7 Å². The summed E-state index contributed by atoms with van der Waals surface area (Å²) in [4.78, 5) is 36.3. The first-order valence-corrected chi connectivity index (χ1v) is 6.57. The molecule has 0 spiro atoms. The maximum Gasteiger partial charge on any atom is 0.307 e. The van der Waals surface area contributed by atoms with E-state index in [0.717, 1.165) is 6.42 Å². The van der Waals surface area contributed by atoms with Gasteiger partial charge in [-0.2, -0.15) is 0 Å². The third-order valence-electron chi connectivity index (χ3n) is 4.49. The average Bonchev–Trinajstić information content (AvgIpc) is 2.91. The highest BCUT2D eigenvalue weighted by atomic mass is 16.4. The van der Waals surface area contributed by atoms with E-state index in [2.05, 4.69) is 0 Å². The summed E-state index contributed by atoms with van der Waals surface area (Å²) in [5.41, 5.74) is 4.78. The van der Waals surface area contributed by atoms with Crippen LogP contribution in [0.25, 0.3) is 0 Å². The topological polar surface area (TPSA) is 101 Å². The van der Waals surface area contributed by atoms with Crippen LogP contribution in [0.4, 0.5) is 0 Å². The first-order valence-electron chi connectivity index (χ1n) is 6.57. The smallest absolute Gasteiger partial charge is 0.307 e. The van der Waals surface area contributed by atoms with Crippen molar-refractivity contribution in [2.24, 2.45) is 28.9 Å². The van der Waals surface area contributed by atoms with Gasteiger partial charge in [0, 0.05) is 13.1 Å². The van der Waals surface area contributed by atoms with E-state index < -0.39 is 23.2 Å². The molecule has 2 fully saturated rings. The van der Waals surface area contributed by atoms with Crippen LogP contribution in [-0.4, -0.2) is 40.9 Å². The van der Waals surface area contributed by atoms with Gasteiger partial charge in [-0.3, -0.25) is 14.4 Å². The molecule has 3 unspecified atom stereocenters. The van der Waals surface area contributed by atoms with E-state index in [0.29, 0.717) is 19.5 Å². The second-order valence-corrected chi connectivity index (χ2v) is 6.14. The third kappa shape index (κ3) is 2.31.